The van der Waals surface area contributed by atoms with E-state index in [1.807, 2.05) is 31.2 Å². The maximum Gasteiger partial charge on any atom is 0.0909 e. The van der Waals surface area contributed by atoms with Gasteiger partial charge in [0.15, 0.2) is 0 Å². The van der Waals surface area contributed by atoms with Crippen molar-refractivity contribution in [2.75, 3.05) is 5.75 Å². The van der Waals surface area contributed by atoms with Crippen LogP contribution in [0.2, 0.25) is 0 Å². The van der Waals surface area contributed by atoms with E-state index in [0.717, 1.165) is 16.0 Å². The predicted molar refractivity (Wildman–Crippen MR) is 71.7 cm³/mol. The van der Waals surface area contributed by atoms with E-state index >= 15 is 0 Å². The highest BCUT2D eigenvalue weighted by atomic mass is 32.2. The number of rotatable bonds is 4. The van der Waals surface area contributed by atoms with E-state index in [1.165, 1.54) is 0 Å². The molecule has 0 saturated carbocycles. The zero-order valence-corrected chi connectivity index (χ0v) is 10.9. The number of nitrogens with zero attached hydrogens (tertiary/aromatic N) is 1. The number of benzene rings is 1. The van der Waals surface area contributed by atoms with E-state index in [9.17, 15) is 9.32 Å². The second-order valence-corrected chi connectivity index (χ2v) is 5.62. The Balaban J connectivity index is 2.06. The Bertz CT molecular complexity index is 525. The average molecular weight is 261 g/mol. The molecule has 94 valence electrons. The van der Waals surface area contributed by atoms with Crippen LogP contribution in [0.5, 0.6) is 0 Å². The Kier molecular flexibility index (Phi) is 4.23. The Morgan fingerprint density at radius 1 is 1.17 bits per heavy atom. The van der Waals surface area contributed by atoms with Crippen LogP contribution >= 0.6 is 0 Å². The molecular formula is C14H15NO2S. The van der Waals surface area contributed by atoms with Crippen molar-refractivity contribution >= 4 is 10.8 Å². The van der Waals surface area contributed by atoms with Gasteiger partial charge < -0.3 is 5.11 Å². The molecule has 1 unspecified atom stereocenters. The SMILES string of the molecule is Cc1ccc(S(=O)C[C@@H](O)c2ccncc2)cc1. The number of aliphatic hydroxyl groups is 1. The van der Waals surface area contributed by atoms with Crippen molar-refractivity contribution in [3.05, 3.63) is 59.9 Å². The van der Waals surface area contributed by atoms with E-state index < -0.39 is 16.9 Å². The summed E-state index contributed by atoms with van der Waals surface area (Å²) in [6, 6.07) is 11.0. The summed E-state index contributed by atoms with van der Waals surface area (Å²) >= 11 is 0. The summed E-state index contributed by atoms with van der Waals surface area (Å²) in [6.07, 6.45) is 2.51. The van der Waals surface area contributed by atoms with Gasteiger partial charge in [0.05, 0.1) is 22.7 Å². The van der Waals surface area contributed by atoms with Gasteiger partial charge in [0.2, 0.25) is 0 Å². The maximum atomic E-state index is 12.1. The Morgan fingerprint density at radius 3 is 2.39 bits per heavy atom. The van der Waals surface area contributed by atoms with E-state index in [4.69, 9.17) is 0 Å². The van der Waals surface area contributed by atoms with Gasteiger partial charge in [0.25, 0.3) is 0 Å². The highest BCUT2D eigenvalue weighted by Crippen LogP contribution is 2.16. The second kappa shape index (κ2) is 5.89. The van der Waals surface area contributed by atoms with Gasteiger partial charge in [-0.25, -0.2) is 0 Å². The monoisotopic (exact) mass is 261 g/mol. The zero-order valence-electron chi connectivity index (χ0n) is 10.1. The number of hydrogen-bond donors (Lipinski definition) is 1. The summed E-state index contributed by atoms with van der Waals surface area (Å²) in [4.78, 5) is 4.63. The third-order valence-corrected chi connectivity index (χ3v) is 4.10. The van der Waals surface area contributed by atoms with Crippen LogP contribution in [0.4, 0.5) is 0 Å². The fourth-order valence-corrected chi connectivity index (χ4v) is 2.72. The summed E-state index contributed by atoms with van der Waals surface area (Å²) in [5.74, 6) is 0.201. The van der Waals surface area contributed by atoms with Crippen LogP contribution in [0.1, 0.15) is 17.2 Å². The Morgan fingerprint density at radius 2 is 1.78 bits per heavy atom. The molecule has 2 atom stereocenters. The second-order valence-electron chi connectivity index (χ2n) is 4.12. The summed E-state index contributed by atoms with van der Waals surface area (Å²) in [5.41, 5.74) is 1.87. The lowest BCUT2D eigenvalue weighted by atomic mass is 10.2. The minimum absolute atomic E-state index is 0.201. The van der Waals surface area contributed by atoms with Gasteiger partial charge in [-0.2, -0.15) is 0 Å². The van der Waals surface area contributed by atoms with Crippen LogP contribution in [0.3, 0.4) is 0 Å². The van der Waals surface area contributed by atoms with Gasteiger partial charge in [0, 0.05) is 17.3 Å². The summed E-state index contributed by atoms with van der Waals surface area (Å²) in [6.45, 7) is 1.98. The van der Waals surface area contributed by atoms with Crippen molar-refractivity contribution in [1.82, 2.24) is 4.98 Å². The molecule has 2 aromatic rings. The van der Waals surface area contributed by atoms with Gasteiger partial charge in [-0.3, -0.25) is 9.19 Å². The van der Waals surface area contributed by atoms with Crippen molar-refractivity contribution in [1.29, 1.82) is 0 Å². The molecule has 0 fully saturated rings. The Hall–Kier alpha value is -1.52. The van der Waals surface area contributed by atoms with Gasteiger partial charge in [-0.05, 0) is 36.8 Å². The maximum absolute atomic E-state index is 12.1. The van der Waals surface area contributed by atoms with Crippen molar-refractivity contribution in [3.63, 3.8) is 0 Å². The quantitative estimate of drug-likeness (QED) is 0.918. The highest BCUT2D eigenvalue weighted by Gasteiger charge is 2.13. The number of aryl methyl sites for hydroxylation is 1. The number of aliphatic hydroxyl groups excluding tert-OH is 1. The Labute approximate surface area is 109 Å². The van der Waals surface area contributed by atoms with Crippen LogP contribution in [0, 0.1) is 6.92 Å². The van der Waals surface area contributed by atoms with Crippen molar-refractivity contribution in [3.8, 4) is 0 Å². The van der Waals surface area contributed by atoms with Crippen LogP contribution in [0.25, 0.3) is 0 Å². The van der Waals surface area contributed by atoms with Crippen LogP contribution in [0.15, 0.2) is 53.7 Å². The van der Waals surface area contributed by atoms with Gasteiger partial charge >= 0.3 is 0 Å². The van der Waals surface area contributed by atoms with E-state index in [0.29, 0.717) is 0 Å². The van der Waals surface area contributed by atoms with Gasteiger partial charge in [-0.15, -0.1) is 0 Å². The molecule has 4 heteroatoms. The third kappa shape index (κ3) is 3.24. The average Bonchev–Trinajstić information content (AvgIpc) is 2.40. The minimum atomic E-state index is -1.19. The molecule has 0 radical (unpaired) electrons. The van der Waals surface area contributed by atoms with Crippen LogP contribution in [-0.4, -0.2) is 20.1 Å². The standard InChI is InChI=1S/C14H15NO2S/c1-11-2-4-13(5-3-11)18(17)10-14(16)12-6-8-15-9-7-12/h2-9,14,16H,10H2,1H3/t14-,18?/m1/s1. The molecule has 0 spiro atoms. The molecule has 0 aliphatic carbocycles. The first-order chi connectivity index (χ1) is 8.66. The third-order valence-electron chi connectivity index (χ3n) is 2.68. The molecule has 18 heavy (non-hydrogen) atoms. The molecule has 1 N–H and O–H groups in total. The molecule has 0 aliphatic rings. The summed E-state index contributed by atoms with van der Waals surface area (Å²) in [5, 5.41) is 9.99. The largest absolute Gasteiger partial charge is 0.387 e. The van der Waals surface area contributed by atoms with Crippen molar-refractivity contribution in [2.24, 2.45) is 0 Å². The molecule has 0 amide bonds. The van der Waals surface area contributed by atoms with Gasteiger partial charge in [0.1, 0.15) is 0 Å². The van der Waals surface area contributed by atoms with E-state index in [1.54, 1.807) is 24.5 Å². The lowest BCUT2D eigenvalue weighted by molar-refractivity contribution is 0.203. The summed E-state index contributed by atoms with van der Waals surface area (Å²) < 4.78 is 12.1. The first-order valence-electron chi connectivity index (χ1n) is 5.70. The van der Waals surface area contributed by atoms with Crippen LogP contribution < -0.4 is 0 Å². The molecule has 2 rings (SSSR count). The van der Waals surface area contributed by atoms with Crippen molar-refractivity contribution < 1.29 is 9.32 Å². The van der Waals surface area contributed by atoms with Gasteiger partial charge in [-0.1, -0.05) is 17.7 Å². The van der Waals surface area contributed by atoms with E-state index in [-0.39, 0.29) is 5.75 Å². The van der Waals surface area contributed by atoms with Crippen molar-refractivity contribution in [2.45, 2.75) is 17.9 Å². The smallest absolute Gasteiger partial charge is 0.0909 e. The number of hydrogen-bond acceptors (Lipinski definition) is 3. The number of aromatic nitrogens is 1. The molecule has 0 aliphatic heterocycles. The normalized spacial score (nSPS) is 14.1. The highest BCUT2D eigenvalue weighted by molar-refractivity contribution is 7.85. The lowest BCUT2D eigenvalue weighted by Crippen LogP contribution is -2.09. The molecule has 1 aromatic heterocycles. The lowest BCUT2D eigenvalue weighted by Gasteiger charge is -2.10. The molecule has 1 heterocycles. The summed E-state index contributed by atoms with van der Waals surface area (Å²) in [7, 11) is -1.19. The minimum Gasteiger partial charge on any atom is -0.387 e. The molecule has 1 aromatic carbocycles. The fourth-order valence-electron chi connectivity index (χ4n) is 1.61. The fraction of sp³-hybridized carbons (Fsp3) is 0.214. The van der Waals surface area contributed by atoms with E-state index in [2.05, 4.69) is 4.98 Å². The molecule has 0 saturated heterocycles. The first-order valence-corrected chi connectivity index (χ1v) is 7.02. The first kappa shape index (κ1) is 12.9. The number of pyridine rings is 1. The molecular weight excluding hydrogens is 246 g/mol. The molecule has 0 bridgehead atoms. The molecule has 3 nitrogen and oxygen atoms in total. The predicted octanol–water partition coefficient (Wildman–Crippen LogP) is 2.23. The zero-order chi connectivity index (χ0) is 13.0. The van der Waals surface area contributed by atoms with Crippen LogP contribution in [-0.2, 0) is 10.8 Å². The topological polar surface area (TPSA) is 50.2 Å².